The van der Waals surface area contributed by atoms with Crippen molar-refractivity contribution in [1.82, 2.24) is 0 Å². The van der Waals surface area contributed by atoms with Gasteiger partial charge in [0.15, 0.2) is 20.0 Å². The first-order chi connectivity index (χ1) is 12.1. The molecule has 1 rings (SSSR count). The van der Waals surface area contributed by atoms with E-state index in [-0.39, 0.29) is 0 Å². The molecule has 1 fully saturated rings. The van der Waals surface area contributed by atoms with Crippen LogP contribution in [0, 0.1) is 0 Å². The fourth-order valence-corrected chi connectivity index (χ4v) is 4.11. The highest BCUT2D eigenvalue weighted by Crippen LogP contribution is 2.47. The standard InChI is InChI=1S/C6H13N.C4F10NO4S2/c1-2-7-5-3-4-6-7;5-1(6,7)3(11,12)20(16,17)15-21(18,19)4(13,14)2(8,9)10/h2-6H2,1H3;/q;-1/p+1. The van der Waals surface area contributed by atoms with Gasteiger partial charge in [-0.15, -0.1) is 0 Å². The van der Waals surface area contributed by atoms with Crippen molar-refractivity contribution >= 4 is 20.0 Å². The van der Waals surface area contributed by atoms with E-state index in [0.717, 1.165) is 0 Å². The third-order valence-corrected chi connectivity index (χ3v) is 6.64. The van der Waals surface area contributed by atoms with Gasteiger partial charge in [0.1, 0.15) is 0 Å². The molecule has 0 radical (unpaired) electrons. The third kappa shape index (κ3) is 5.82. The second-order valence-corrected chi connectivity index (χ2v) is 8.89. The molecule has 0 atom stereocenters. The maximum absolute atomic E-state index is 12.3. The van der Waals surface area contributed by atoms with Crippen LogP contribution in [0.15, 0.2) is 0 Å². The lowest BCUT2D eigenvalue weighted by atomic mass is 10.4. The Morgan fingerprint density at radius 2 is 1.00 bits per heavy atom. The molecule has 0 aliphatic carbocycles. The summed E-state index contributed by atoms with van der Waals surface area (Å²) in [5.41, 5.74) is 0. The van der Waals surface area contributed by atoms with Gasteiger partial charge in [0.25, 0.3) is 0 Å². The van der Waals surface area contributed by atoms with Crippen molar-refractivity contribution in [2.45, 2.75) is 42.6 Å². The molecule has 18 heteroatoms. The zero-order chi connectivity index (χ0) is 22.8. The molecule has 0 aromatic carbocycles. The molecule has 0 aromatic rings. The van der Waals surface area contributed by atoms with Crippen molar-refractivity contribution in [2.75, 3.05) is 19.6 Å². The zero-order valence-corrected chi connectivity index (χ0v) is 15.3. The highest BCUT2D eigenvalue weighted by molar-refractivity contribution is 8.13. The van der Waals surface area contributed by atoms with Crippen molar-refractivity contribution in [1.29, 1.82) is 0 Å². The Bertz CT molecular complexity index is 670. The number of nitrogens with one attached hydrogen (secondary N) is 1. The molecule has 1 aliphatic rings. The minimum absolute atomic E-state index is 0.422. The van der Waals surface area contributed by atoms with E-state index in [9.17, 15) is 60.7 Å². The summed E-state index contributed by atoms with van der Waals surface area (Å²) in [7, 11) is -15.2. The molecule has 0 spiro atoms. The van der Waals surface area contributed by atoms with Gasteiger partial charge in [0.2, 0.25) is 0 Å². The molecule has 0 unspecified atom stereocenters. The van der Waals surface area contributed by atoms with Crippen molar-refractivity contribution in [3.8, 4) is 0 Å². The van der Waals surface area contributed by atoms with Crippen molar-refractivity contribution in [3.05, 3.63) is 4.13 Å². The van der Waals surface area contributed by atoms with Crippen LogP contribution in [0.3, 0.4) is 0 Å². The van der Waals surface area contributed by atoms with Gasteiger partial charge in [-0.3, -0.25) is 0 Å². The molecule has 0 saturated carbocycles. The van der Waals surface area contributed by atoms with E-state index in [1.54, 1.807) is 4.90 Å². The number of hydrogen-bond donors (Lipinski definition) is 1. The van der Waals surface area contributed by atoms with Crippen molar-refractivity contribution in [2.24, 2.45) is 0 Å². The first kappa shape index (κ1) is 27.1. The molecule has 0 amide bonds. The Morgan fingerprint density at radius 3 is 1.18 bits per heavy atom. The predicted octanol–water partition coefficient (Wildman–Crippen LogP) is 2.01. The molecule has 1 heterocycles. The van der Waals surface area contributed by atoms with Gasteiger partial charge in [-0.1, -0.05) is 0 Å². The number of sulfonamides is 2. The lowest BCUT2D eigenvalue weighted by molar-refractivity contribution is -0.885. The first-order valence-electron chi connectivity index (χ1n) is 7.10. The lowest BCUT2D eigenvalue weighted by Gasteiger charge is -2.31. The Balaban J connectivity index is 0.000000861. The second kappa shape index (κ2) is 8.47. The molecular formula is C10H14F10N2O4S2. The van der Waals surface area contributed by atoms with E-state index in [2.05, 4.69) is 6.92 Å². The molecule has 170 valence electrons. The van der Waals surface area contributed by atoms with E-state index in [0.29, 0.717) is 4.13 Å². The predicted molar refractivity (Wildman–Crippen MR) is 73.7 cm³/mol. The van der Waals surface area contributed by atoms with Gasteiger partial charge in [-0.25, -0.2) is 16.8 Å². The van der Waals surface area contributed by atoms with Crippen LogP contribution in [0.25, 0.3) is 4.13 Å². The van der Waals surface area contributed by atoms with Crippen LogP contribution in [0.2, 0.25) is 0 Å². The number of rotatable bonds is 5. The number of alkyl halides is 10. The van der Waals surface area contributed by atoms with E-state index in [4.69, 9.17) is 0 Å². The number of quaternary nitrogens is 1. The fourth-order valence-electron chi connectivity index (χ4n) is 1.74. The van der Waals surface area contributed by atoms with Crippen LogP contribution in [-0.4, -0.2) is 59.3 Å². The second-order valence-electron chi connectivity index (χ2n) is 5.36. The van der Waals surface area contributed by atoms with Gasteiger partial charge in [-0.2, -0.15) is 43.9 Å². The minimum Gasteiger partial charge on any atom is -0.425 e. The molecule has 1 saturated heterocycles. The smallest absolute Gasteiger partial charge is 0.425 e. The maximum atomic E-state index is 12.3. The summed E-state index contributed by atoms with van der Waals surface area (Å²) in [4.78, 5) is 1.79. The summed E-state index contributed by atoms with van der Waals surface area (Å²) in [5.74, 6) is 0. The Morgan fingerprint density at radius 1 is 0.714 bits per heavy atom. The molecule has 0 bridgehead atoms. The summed E-state index contributed by atoms with van der Waals surface area (Å²) in [6, 6.07) is 0. The number of likely N-dealkylation sites (tertiary alicyclic amines) is 1. The quantitative estimate of drug-likeness (QED) is 0.611. The maximum Gasteiger partial charge on any atom is 0.467 e. The molecule has 6 nitrogen and oxygen atoms in total. The van der Waals surface area contributed by atoms with Gasteiger partial charge >= 0.3 is 22.9 Å². The van der Waals surface area contributed by atoms with Crippen molar-refractivity contribution in [3.63, 3.8) is 0 Å². The summed E-state index contributed by atoms with van der Waals surface area (Å²) in [6.45, 7) is 6.45. The molecule has 28 heavy (non-hydrogen) atoms. The summed E-state index contributed by atoms with van der Waals surface area (Å²) < 4.78 is 161. The third-order valence-electron chi connectivity index (χ3n) is 3.31. The highest BCUT2D eigenvalue weighted by atomic mass is 32.3. The molecule has 1 aliphatic heterocycles. The minimum atomic E-state index is -7.62. The topological polar surface area (TPSA) is 86.8 Å². The van der Waals surface area contributed by atoms with E-state index >= 15 is 0 Å². The van der Waals surface area contributed by atoms with Gasteiger partial charge in [0.05, 0.1) is 19.6 Å². The molecule has 1 N–H and O–H groups in total. The van der Waals surface area contributed by atoms with Crippen molar-refractivity contribution < 1.29 is 65.6 Å². The summed E-state index contributed by atoms with van der Waals surface area (Å²) >= 11 is 0. The largest absolute Gasteiger partial charge is 0.467 e. The Hall–Kier alpha value is -0.880. The van der Waals surface area contributed by atoms with Crippen LogP contribution in [0.1, 0.15) is 19.8 Å². The van der Waals surface area contributed by atoms with Gasteiger partial charge < -0.3 is 9.03 Å². The lowest BCUT2D eigenvalue weighted by Crippen LogP contribution is -3.09. The number of hydrogen-bond acceptors (Lipinski definition) is 4. The highest BCUT2D eigenvalue weighted by Gasteiger charge is 2.68. The first-order valence-corrected chi connectivity index (χ1v) is 9.98. The average Bonchev–Trinajstić information content (AvgIpc) is 2.97. The molecule has 0 aromatic heterocycles. The van der Waals surface area contributed by atoms with E-state index in [1.165, 1.54) is 32.5 Å². The summed E-state index contributed by atoms with van der Waals surface area (Å²) in [5, 5.41) is -14.0. The summed E-state index contributed by atoms with van der Waals surface area (Å²) in [6.07, 6.45) is -11.1. The van der Waals surface area contributed by atoms with E-state index in [1.807, 2.05) is 0 Å². The number of halogens is 10. The Labute approximate surface area is 153 Å². The fraction of sp³-hybridized carbons (Fsp3) is 1.00. The van der Waals surface area contributed by atoms with Crippen LogP contribution in [0.5, 0.6) is 0 Å². The van der Waals surface area contributed by atoms with E-state index < -0.39 is 42.9 Å². The van der Waals surface area contributed by atoms with Crippen LogP contribution in [0.4, 0.5) is 43.9 Å². The van der Waals surface area contributed by atoms with Gasteiger partial charge in [-0.05, 0) is 6.92 Å². The van der Waals surface area contributed by atoms with Crippen LogP contribution < -0.4 is 4.90 Å². The monoisotopic (exact) mass is 480 g/mol. The van der Waals surface area contributed by atoms with Gasteiger partial charge in [0, 0.05) is 12.8 Å². The Kier molecular flexibility index (Phi) is 8.20. The zero-order valence-electron chi connectivity index (χ0n) is 13.7. The SMILES string of the molecule is CC[NH+]1CCCC1.O=S(=O)([N-]S(=O)(=O)C(F)(F)C(F)(F)F)C(F)(F)C(F)(F)F. The number of nitrogens with zero attached hydrogens (tertiary/aromatic N) is 1. The normalized spacial score (nSPS) is 18.0. The van der Waals surface area contributed by atoms with Crippen LogP contribution >= 0.6 is 0 Å². The average molecular weight is 480 g/mol. The van der Waals surface area contributed by atoms with Crippen LogP contribution in [-0.2, 0) is 20.0 Å². The molecular weight excluding hydrogens is 466 g/mol.